The first-order valence-electron chi connectivity index (χ1n) is 6.85. The summed E-state index contributed by atoms with van der Waals surface area (Å²) >= 11 is 7.81. The molecule has 0 aliphatic carbocycles. The van der Waals surface area contributed by atoms with Crippen LogP contribution in [0.15, 0.2) is 18.2 Å². The molecule has 0 fully saturated rings. The summed E-state index contributed by atoms with van der Waals surface area (Å²) < 4.78 is 13.1. The Balaban J connectivity index is 2.58. The molecule has 0 saturated carbocycles. The maximum absolute atomic E-state index is 13.1. The molecule has 1 N–H and O–H groups in total. The normalized spacial score (nSPS) is 14.4. The van der Waals surface area contributed by atoms with Gasteiger partial charge in [-0.15, -0.1) is 0 Å². The molecule has 1 nitrogen and oxygen atoms in total. The second-order valence-corrected chi connectivity index (χ2v) is 6.64. The number of benzene rings is 1. The molecule has 0 saturated heterocycles. The molecular weight excluding hydrogens is 281 g/mol. The monoisotopic (exact) mass is 303 g/mol. The average Bonchev–Trinajstić information content (AvgIpc) is 2.40. The first kappa shape index (κ1) is 16.8. The highest BCUT2D eigenvalue weighted by Gasteiger charge is 2.11. The summed E-state index contributed by atoms with van der Waals surface area (Å²) in [5.41, 5.74) is 1.09. The van der Waals surface area contributed by atoms with E-state index in [1.807, 2.05) is 17.8 Å². The molecule has 0 heterocycles. The minimum absolute atomic E-state index is 0.210. The van der Waals surface area contributed by atoms with E-state index in [0.29, 0.717) is 11.3 Å². The van der Waals surface area contributed by atoms with Crippen molar-refractivity contribution in [2.45, 2.75) is 44.9 Å². The molecule has 108 valence electrons. The van der Waals surface area contributed by atoms with Gasteiger partial charge in [-0.25, -0.2) is 4.39 Å². The summed E-state index contributed by atoms with van der Waals surface area (Å²) in [7, 11) is 0. The molecule has 0 spiro atoms. The van der Waals surface area contributed by atoms with Gasteiger partial charge in [0.1, 0.15) is 5.82 Å². The van der Waals surface area contributed by atoms with Crippen molar-refractivity contribution in [3.63, 3.8) is 0 Å². The maximum atomic E-state index is 13.1. The lowest BCUT2D eigenvalue weighted by molar-refractivity contribution is 0.570. The molecule has 2 atom stereocenters. The Labute approximate surface area is 125 Å². The van der Waals surface area contributed by atoms with E-state index in [-0.39, 0.29) is 10.8 Å². The van der Waals surface area contributed by atoms with Crippen LogP contribution in [-0.4, -0.2) is 23.6 Å². The van der Waals surface area contributed by atoms with Crippen LogP contribution < -0.4 is 5.32 Å². The highest BCUT2D eigenvalue weighted by Crippen LogP contribution is 2.19. The van der Waals surface area contributed by atoms with Crippen LogP contribution in [-0.2, 0) is 6.42 Å². The van der Waals surface area contributed by atoms with Gasteiger partial charge in [0, 0.05) is 17.0 Å². The van der Waals surface area contributed by atoms with Crippen molar-refractivity contribution in [3.8, 4) is 0 Å². The Bertz CT molecular complexity index is 386. The second-order valence-electron chi connectivity index (χ2n) is 4.76. The van der Waals surface area contributed by atoms with Gasteiger partial charge in [0.2, 0.25) is 0 Å². The van der Waals surface area contributed by atoms with Crippen molar-refractivity contribution in [2.24, 2.45) is 0 Å². The van der Waals surface area contributed by atoms with E-state index in [1.165, 1.54) is 12.5 Å². The molecule has 0 aliphatic heterocycles. The van der Waals surface area contributed by atoms with E-state index in [2.05, 4.69) is 26.1 Å². The lowest BCUT2D eigenvalue weighted by Gasteiger charge is -2.19. The van der Waals surface area contributed by atoms with E-state index in [4.69, 9.17) is 11.6 Å². The van der Waals surface area contributed by atoms with Crippen LogP contribution >= 0.6 is 23.4 Å². The molecule has 0 amide bonds. The SMILES string of the molecule is CCNC(CSC(C)CC)Cc1ccc(F)c(Cl)c1. The van der Waals surface area contributed by atoms with E-state index in [0.717, 1.165) is 24.3 Å². The Hall–Kier alpha value is -0.250. The van der Waals surface area contributed by atoms with Crippen LogP contribution in [0.1, 0.15) is 32.8 Å². The predicted molar refractivity (Wildman–Crippen MR) is 84.8 cm³/mol. The second kappa shape index (κ2) is 8.83. The molecule has 4 heteroatoms. The highest BCUT2D eigenvalue weighted by atomic mass is 35.5. The van der Waals surface area contributed by atoms with E-state index < -0.39 is 0 Å². The predicted octanol–water partition coefficient (Wildman–Crippen LogP) is 4.53. The van der Waals surface area contributed by atoms with Crippen LogP contribution in [0.4, 0.5) is 4.39 Å². The molecule has 0 aliphatic rings. The number of likely N-dealkylation sites (N-methyl/N-ethyl adjacent to an activating group) is 1. The van der Waals surface area contributed by atoms with Gasteiger partial charge >= 0.3 is 0 Å². The first-order chi connectivity index (χ1) is 9.06. The Kier molecular flexibility index (Phi) is 7.81. The van der Waals surface area contributed by atoms with Gasteiger partial charge in [0.05, 0.1) is 5.02 Å². The minimum atomic E-state index is -0.348. The molecular formula is C15H23ClFNS. The summed E-state index contributed by atoms with van der Waals surface area (Å²) in [5, 5.41) is 4.38. The standard InChI is InChI=1S/C15H23ClFNS/c1-4-11(3)19-10-13(18-5-2)8-12-6-7-15(17)14(16)9-12/h6-7,9,11,13,18H,4-5,8,10H2,1-3H3. The molecule has 0 aromatic heterocycles. The third kappa shape index (κ3) is 6.15. The first-order valence-corrected chi connectivity index (χ1v) is 8.28. The third-order valence-corrected chi connectivity index (χ3v) is 4.90. The average molecular weight is 304 g/mol. The summed E-state index contributed by atoms with van der Waals surface area (Å²) in [4.78, 5) is 0. The summed E-state index contributed by atoms with van der Waals surface area (Å²) in [6, 6.07) is 5.41. The number of nitrogens with one attached hydrogen (secondary N) is 1. The van der Waals surface area contributed by atoms with Crippen molar-refractivity contribution >= 4 is 23.4 Å². The largest absolute Gasteiger partial charge is 0.313 e. The number of rotatable bonds is 8. The summed E-state index contributed by atoms with van der Waals surface area (Å²) in [5.74, 6) is 0.720. The van der Waals surface area contributed by atoms with Crippen molar-refractivity contribution in [2.75, 3.05) is 12.3 Å². The topological polar surface area (TPSA) is 12.0 Å². The lowest BCUT2D eigenvalue weighted by Crippen LogP contribution is -2.33. The zero-order valence-corrected chi connectivity index (χ0v) is 13.5. The zero-order chi connectivity index (χ0) is 14.3. The van der Waals surface area contributed by atoms with Gasteiger partial charge in [0.25, 0.3) is 0 Å². The van der Waals surface area contributed by atoms with Gasteiger partial charge in [0.15, 0.2) is 0 Å². The van der Waals surface area contributed by atoms with Gasteiger partial charge in [-0.1, -0.05) is 38.4 Å². The lowest BCUT2D eigenvalue weighted by atomic mass is 10.1. The van der Waals surface area contributed by atoms with Gasteiger partial charge in [-0.05, 0) is 37.1 Å². The molecule has 1 aromatic carbocycles. The summed E-state index contributed by atoms with van der Waals surface area (Å²) in [6.07, 6.45) is 2.07. The third-order valence-electron chi connectivity index (χ3n) is 3.12. The fraction of sp³-hybridized carbons (Fsp3) is 0.600. The van der Waals surface area contributed by atoms with Crippen LogP contribution in [0.2, 0.25) is 5.02 Å². The highest BCUT2D eigenvalue weighted by molar-refractivity contribution is 7.99. The molecule has 0 bridgehead atoms. The zero-order valence-electron chi connectivity index (χ0n) is 11.9. The van der Waals surface area contributed by atoms with Gasteiger partial charge in [-0.3, -0.25) is 0 Å². The number of hydrogen-bond acceptors (Lipinski definition) is 2. The van der Waals surface area contributed by atoms with Crippen molar-refractivity contribution in [3.05, 3.63) is 34.6 Å². The minimum Gasteiger partial charge on any atom is -0.313 e. The van der Waals surface area contributed by atoms with Crippen molar-refractivity contribution in [1.82, 2.24) is 5.32 Å². The van der Waals surface area contributed by atoms with Crippen molar-refractivity contribution in [1.29, 1.82) is 0 Å². The smallest absolute Gasteiger partial charge is 0.141 e. The molecule has 1 aromatic rings. The molecule has 2 unspecified atom stereocenters. The van der Waals surface area contributed by atoms with Gasteiger partial charge in [-0.2, -0.15) is 11.8 Å². The Morgan fingerprint density at radius 2 is 2.11 bits per heavy atom. The molecule has 0 radical (unpaired) electrons. The fourth-order valence-corrected chi connectivity index (χ4v) is 3.06. The van der Waals surface area contributed by atoms with Crippen LogP contribution in [0.3, 0.4) is 0 Å². The fourth-order valence-electron chi connectivity index (χ4n) is 1.83. The van der Waals surface area contributed by atoms with E-state index >= 15 is 0 Å². The maximum Gasteiger partial charge on any atom is 0.141 e. The Morgan fingerprint density at radius 1 is 1.37 bits per heavy atom. The van der Waals surface area contributed by atoms with Crippen LogP contribution in [0.5, 0.6) is 0 Å². The number of thioether (sulfide) groups is 1. The molecule has 19 heavy (non-hydrogen) atoms. The van der Waals surface area contributed by atoms with Crippen LogP contribution in [0.25, 0.3) is 0 Å². The number of halogens is 2. The van der Waals surface area contributed by atoms with E-state index in [1.54, 1.807) is 6.07 Å². The molecule has 1 rings (SSSR count). The summed E-state index contributed by atoms with van der Waals surface area (Å²) in [6.45, 7) is 7.52. The van der Waals surface area contributed by atoms with Gasteiger partial charge < -0.3 is 5.32 Å². The number of hydrogen-bond donors (Lipinski definition) is 1. The van der Waals surface area contributed by atoms with Crippen LogP contribution in [0, 0.1) is 5.82 Å². The van der Waals surface area contributed by atoms with E-state index in [9.17, 15) is 4.39 Å². The quantitative estimate of drug-likeness (QED) is 0.757. The van der Waals surface area contributed by atoms with Crippen molar-refractivity contribution < 1.29 is 4.39 Å². The Morgan fingerprint density at radius 3 is 2.68 bits per heavy atom.